The van der Waals surface area contributed by atoms with Crippen LogP contribution in [0.15, 0.2) is 87.0 Å². The number of amides is 12. The number of halogens is 3. The third-order valence-electron chi connectivity index (χ3n) is 16.9. The normalized spacial score (nSPS) is 13.4. The number of guanidine groups is 1. The van der Waals surface area contributed by atoms with Crippen LogP contribution in [0, 0.1) is 32.1 Å². The summed E-state index contributed by atoms with van der Waals surface area (Å²) >= 11 is 0. The van der Waals surface area contributed by atoms with E-state index < -0.39 is 196 Å². The van der Waals surface area contributed by atoms with E-state index in [-0.39, 0.29) is 101 Å². The fourth-order valence-electron chi connectivity index (χ4n) is 10.9. The molecule has 0 spiro atoms. The van der Waals surface area contributed by atoms with Gasteiger partial charge in [-0.15, -0.1) is 0 Å². The predicted octanol–water partition coefficient (Wildman–Crippen LogP) is -1.55. The lowest BCUT2D eigenvalue weighted by Crippen LogP contribution is -2.60. The Balaban J connectivity index is 0.00000465. The van der Waals surface area contributed by atoms with Gasteiger partial charge in [0.1, 0.15) is 71.4 Å². The van der Waals surface area contributed by atoms with Gasteiger partial charge in [0, 0.05) is 49.5 Å². The van der Waals surface area contributed by atoms with Crippen molar-refractivity contribution in [3.63, 3.8) is 0 Å². The number of alkyl halides is 3. The van der Waals surface area contributed by atoms with E-state index in [4.69, 9.17) is 47.7 Å². The van der Waals surface area contributed by atoms with Crippen molar-refractivity contribution in [1.82, 2.24) is 53.2 Å². The van der Waals surface area contributed by atoms with Crippen LogP contribution < -0.4 is 97.5 Å². The summed E-state index contributed by atoms with van der Waals surface area (Å²) in [5, 5.41) is 69.0. The van der Waals surface area contributed by atoms with Gasteiger partial charge in [-0.25, -0.2) is 9.59 Å². The molecule has 0 aliphatic heterocycles. The Hall–Kier alpha value is -12.6. The third-order valence-corrected chi connectivity index (χ3v) is 16.9. The Kier molecular flexibility index (Phi) is 40.6. The maximum atomic E-state index is 14.5. The summed E-state index contributed by atoms with van der Waals surface area (Å²) in [6, 6.07) is 3.98. The highest BCUT2D eigenvalue weighted by atomic mass is 19.4. The molecule has 0 saturated carbocycles. The van der Waals surface area contributed by atoms with Gasteiger partial charge in [0.15, 0.2) is 5.96 Å². The van der Waals surface area contributed by atoms with Gasteiger partial charge in [0.2, 0.25) is 70.9 Å². The number of nitro benzene ring substituents is 2. The number of carboxylic acids is 1. The number of methoxy groups -OCH3 is 1. The highest BCUT2D eigenvalue weighted by molar-refractivity contribution is 5.99. The molecule has 4 aromatic rings. The lowest BCUT2D eigenvalue weighted by atomic mass is 9.99. The minimum absolute atomic E-state index is 0.0340. The van der Waals surface area contributed by atoms with E-state index in [0.717, 1.165) is 18.2 Å². The number of nitrogens with one attached hydrogen (secondary N) is 11. The molecule has 0 bridgehead atoms. The summed E-state index contributed by atoms with van der Waals surface area (Å²) in [5.41, 5.74) is 27.0. The highest BCUT2D eigenvalue weighted by Gasteiger charge is 2.39. The molecule has 0 radical (unpaired) electrons. The number of carboxylic acid groups (broad SMARTS) is 1. The van der Waals surface area contributed by atoms with Crippen molar-refractivity contribution in [3.05, 3.63) is 115 Å². The molecule has 1 aromatic heterocycles. The summed E-state index contributed by atoms with van der Waals surface area (Å²) in [7, 11) is 1.43. The number of hydrogen-bond donors (Lipinski definition) is 18. The largest absolute Gasteiger partial charge is 0.497 e. The van der Waals surface area contributed by atoms with Crippen LogP contribution in [0.25, 0.3) is 11.0 Å². The second-order valence-corrected chi connectivity index (χ2v) is 26.9. The first-order valence-electron chi connectivity index (χ1n) is 36.1. The van der Waals surface area contributed by atoms with E-state index in [1.807, 2.05) is 0 Å². The zero-order valence-corrected chi connectivity index (χ0v) is 63.9. The number of non-ortho nitro benzene ring substituents is 1. The Morgan fingerprint density at radius 1 is 0.609 bits per heavy atom. The number of carbonyl (C=O) groups is 13. The number of aliphatic hydroxyl groups excluding tert-OH is 1. The van der Waals surface area contributed by atoms with Crippen LogP contribution in [0.2, 0.25) is 0 Å². The smallest absolute Gasteiger partial charge is 0.490 e. The quantitative estimate of drug-likeness (QED) is 0.00594. The van der Waals surface area contributed by atoms with Gasteiger partial charge in [-0.05, 0) is 119 Å². The molecule has 4 rings (SSSR count). The number of aliphatic carboxylic acids is 1. The average Bonchev–Trinajstić information content (AvgIpc) is 0.866. The van der Waals surface area contributed by atoms with Crippen LogP contribution in [-0.4, -0.2) is 203 Å². The SMILES string of the molecule is COc1ccc2c(CC(=O)N[C@@H](C)C(=O)N[C@H](C(=O)N[C@@H](CC(C)C)C(=O)N[C@@H](CCC(N)=O)C(=O)N[C@@H](CO)C(=O)NCC(=O)N[C@@H](Cc3ccccc3)C(=O)N[C@@H](CCCN=C(N)N)C(=O)N[C@@H](CCCCNc3ccc([N+](=O)[O-])cc3[N+](=O)[O-])C(=O)N[C@@H](CCCCN)C(N)=O)C(C)C)cc(=O)oc2c1.O=C(O)C(F)(F)F. The number of primary amides is 2. The van der Waals surface area contributed by atoms with E-state index >= 15 is 0 Å². The van der Waals surface area contributed by atoms with E-state index in [9.17, 15) is 101 Å². The molecule has 12 amide bonds. The number of aliphatic imine (C=N–C) groups is 1. The Bertz CT molecular complexity index is 4150. The molecule has 9 atom stereocenters. The molecular weight excluding hydrogens is 1530 g/mol. The van der Waals surface area contributed by atoms with Crippen LogP contribution in [0.1, 0.15) is 116 Å². The molecular formula is C71H100F3N19O22. The van der Waals surface area contributed by atoms with Crippen LogP contribution in [0.4, 0.5) is 30.2 Å². The zero-order chi connectivity index (χ0) is 86.4. The Morgan fingerprint density at radius 2 is 1.17 bits per heavy atom. The number of ether oxygens (including phenoxy) is 1. The molecule has 44 heteroatoms. The maximum absolute atomic E-state index is 14.5. The van der Waals surface area contributed by atoms with Gasteiger partial charge in [0.25, 0.3) is 11.4 Å². The van der Waals surface area contributed by atoms with Gasteiger partial charge < -0.3 is 107 Å². The van der Waals surface area contributed by atoms with Crippen molar-refractivity contribution in [3.8, 4) is 5.75 Å². The molecule has 0 aliphatic carbocycles. The second kappa shape index (κ2) is 48.3. The highest BCUT2D eigenvalue weighted by Crippen LogP contribution is 2.29. The first-order valence-corrected chi connectivity index (χ1v) is 36.1. The summed E-state index contributed by atoms with van der Waals surface area (Å²) in [4.78, 5) is 211. The van der Waals surface area contributed by atoms with Gasteiger partial charge in [-0.2, -0.15) is 13.2 Å². The third kappa shape index (κ3) is 34.9. The molecule has 0 fully saturated rings. The molecule has 115 heavy (non-hydrogen) atoms. The standard InChI is InChI=1S/C69H99N19O20.C2HF3O2/c1-37(2)29-50(84-68(102)59(38(3)4)86-61(95)39(5)78-56(91)31-41-32-58(93)108-54-34-43(107-6)21-22-44(41)54)66(100)83-49(24-25-55(71)90)65(99)85-52(36-89)62(96)77-35-57(92)79-51(30-40-15-8-7-9-16-40)67(101)82-48(19-14-28-76-69(73)74)64(98)81-47(63(97)80-46(60(72)94)17-10-12-26-70)18-11-13-27-75-45-23-20-42(87(103)104)33-53(45)88(105)106;3-2(4,5)1(6)7/h7-9,15-16,20-23,32-34,37-39,46-52,59,75,89H,10-14,17-19,24-31,35-36,70H2,1-6H3,(H2,71,90)(H2,72,94)(H,77,96)(H,78,91)(H,79,92)(H,80,97)(H,81,98)(H,82,101)(H,83,100)(H,84,102)(H,85,99)(H,86,95)(H4,73,74,76);(H,6,7)/t39-,46-,47-,48-,49-,50-,51-,52-,59-;/m0./s1. The lowest BCUT2D eigenvalue weighted by molar-refractivity contribution is -0.393. The number of nitro groups is 2. The van der Waals surface area contributed by atoms with Gasteiger partial charge in [-0.3, -0.25) is 82.8 Å². The number of fused-ring (bicyclic) bond motifs is 1. The molecule has 1 heterocycles. The number of unbranched alkanes of at least 4 members (excludes halogenated alkanes) is 2. The first kappa shape index (κ1) is 96.6. The lowest BCUT2D eigenvalue weighted by Gasteiger charge is -2.28. The van der Waals surface area contributed by atoms with E-state index in [1.165, 1.54) is 26.2 Å². The summed E-state index contributed by atoms with van der Waals surface area (Å²) < 4.78 is 42.2. The van der Waals surface area contributed by atoms with Crippen LogP contribution in [0.3, 0.4) is 0 Å². The second-order valence-electron chi connectivity index (χ2n) is 26.9. The molecule has 3 aromatic carbocycles. The topological polar surface area (TPSA) is 663 Å². The molecule has 41 nitrogen and oxygen atoms in total. The number of hydrogen-bond acceptors (Lipinski definition) is 24. The van der Waals surface area contributed by atoms with Crippen molar-refractivity contribution >= 4 is 111 Å². The monoisotopic (exact) mass is 1630 g/mol. The van der Waals surface area contributed by atoms with Crippen LogP contribution in [0.5, 0.6) is 5.75 Å². The number of benzene rings is 3. The Morgan fingerprint density at radius 3 is 1.70 bits per heavy atom. The van der Waals surface area contributed by atoms with Crippen LogP contribution in [-0.2, 0) is 75.2 Å². The number of nitrogens with zero attached hydrogens (tertiary/aromatic N) is 3. The molecule has 632 valence electrons. The minimum Gasteiger partial charge on any atom is -0.497 e. The van der Waals surface area contributed by atoms with E-state index in [1.54, 1.807) is 70.2 Å². The summed E-state index contributed by atoms with van der Waals surface area (Å²) in [6.07, 6.45) is -5.66. The van der Waals surface area contributed by atoms with Gasteiger partial charge >= 0.3 is 17.8 Å². The van der Waals surface area contributed by atoms with Crippen LogP contribution >= 0.6 is 0 Å². The van der Waals surface area contributed by atoms with E-state index in [0.29, 0.717) is 35.1 Å². The van der Waals surface area contributed by atoms with Crippen molar-refractivity contribution in [1.29, 1.82) is 0 Å². The summed E-state index contributed by atoms with van der Waals surface area (Å²) in [6.45, 7) is 6.27. The Labute approximate surface area is 656 Å². The first-order chi connectivity index (χ1) is 54.1. The van der Waals surface area contributed by atoms with E-state index in [2.05, 4.69) is 63.5 Å². The fourth-order valence-corrected chi connectivity index (χ4v) is 10.9. The minimum atomic E-state index is -5.08. The van der Waals surface area contributed by atoms with Crippen molar-refractivity contribution < 1.29 is 105 Å². The fraction of sp³-hybridized carbons (Fsp3) is 0.507. The number of rotatable bonds is 48. The average molecular weight is 1630 g/mol. The summed E-state index contributed by atoms with van der Waals surface area (Å²) in [5.74, 6) is -14.7. The predicted molar refractivity (Wildman–Crippen MR) is 407 cm³/mol. The number of anilines is 1. The molecule has 23 N–H and O–H groups in total. The zero-order valence-electron chi connectivity index (χ0n) is 63.9. The van der Waals surface area contributed by atoms with Crippen molar-refractivity contribution in [2.45, 2.75) is 179 Å². The number of aliphatic hydroxyl groups is 1. The number of carbonyl (C=O) groups excluding carboxylic acids is 12. The van der Waals surface area contributed by atoms with Crippen molar-refractivity contribution in [2.75, 3.05) is 45.2 Å². The molecule has 0 aliphatic rings. The maximum Gasteiger partial charge on any atom is 0.490 e. The van der Waals surface area contributed by atoms with Gasteiger partial charge in [0.05, 0.1) is 42.6 Å². The number of nitrogens with two attached hydrogens (primary N) is 5. The molecule has 0 saturated heterocycles. The molecule has 0 unspecified atom stereocenters. The van der Waals surface area contributed by atoms with Gasteiger partial charge in [-0.1, -0.05) is 58.0 Å². The van der Waals surface area contributed by atoms with Crippen molar-refractivity contribution in [2.24, 2.45) is 45.5 Å².